The molecule has 0 atom stereocenters. The van der Waals surface area contributed by atoms with E-state index in [1.54, 1.807) is 10.4 Å². The quantitative estimate of drug-likeness (QED) is 0.581. The van der Waals surface area contributed by atoms with Crippen LogP contribution in [0.15, 0.2) is 46.8 Å². The Bertz CT molecular complexity index is 295. The molecule has 0 aliphatic heterocycles. The molecule has 0 N–H and O–H groups in total. The number of hydrogen-bond donors (Lipinski definition) is 0. The zero-order valence-corrected chi connectivity index (χ0v) is 9.38. The Hall–Kier alpha value is -0.823. The Labute approximate surface area is 81.4 Å². The van der Waals surface area contributed by atoms with Crippen LogP contribution in [0.2, 0.25) is 13.1 Å². The minimum absolute atomic E-state index is 1.19. The zero-order valence-electron chi connectivity index (χ0n) is 8.38. The van der Waals surface area contributed by atoms with Crippen LogP contribution in [0, 0.1) is 0 Å². The molecule has 2 aliphatic rings. The fourth-order valence-corrected chi connectivity index (χ4v) is 4.72. The van der Waals surface area contributed by atoms with Crippen molar-refractivity contribution in [2.24, 2.45) is 0 Å². The summed E-state index contributed by atoms with van der Waals surface area (Å²) in [6, 6.07) is 0. The molecular weight excluding hydrogens is 172 g/mol. The fourth-order valence-electron chi connectivity index (χ4n) is 2.03. The molecule has 0 fully saturated rings. The normalized spacial score (nSPS) is 20.8. The molecule has 0 nitrogen and oxygen atoms in total. The van der Waals surface area contributed by atoms with Crippen LogP contribution in [-0.4, -0.2) is 8.07 Å². The molecule has 0 amide bonds. The van der Waals surface area contributed by atoms with Gasteiger partial charge in [-0.25, -0.2) is 0 Å². The molecule has 2 rings (SSSR count). The molecule has 0 saturated carbocycles. The topological polar surface area (TPSA) is 0 Å². The predicted octanol–water partition coefficient (Wildman–Crippen LogP) is 3.55. The molecule has 1 heteroatoms. The first kappa shape index (κ1) is 8.76. The SMILES string of the molecule is C[Si](C)(C1=CC=CC1)C1=CC=CC1. The van der Waals surface area contributed by atoms with Crippen LogP contribution >= 0.6 is 0 Å². The van der Waals surface area contributed by atoms with E-state index in [2.05, 4.69) is 49.6 Å². The molecule has 0 spiro atoms. The van der Waals surface area contributed by atoms with E-state index in [9.17, 15) is 0 Å². The Balaban J connectivity index is 2.20. The van der Waals surface area contributed by atoms with E-state index in [1.165, 1.54) is 12.8 Å². The zero-order chi connectivity index (χ0) is 9.31. The van der Waals surface area contributed by atoms with Gasteiger partial charge in [-0.2, -0.15) is 0 Å². The highest BCUT2D eigenvalue weighted by Gasteiger charge is 2.30. The van der Waals surface area contributed by atoms with E-state index in [-0.39, 0.29) is 0 Å². The summed E-state index contributed by atoms with van der Waals surface area (Å²) in [6.07, 6.45) is 16.0. The van der Waals surface area contributed by atoms with Gasteiger partial charge in [-0.05, 0) is 12.8 Å². The molecule has 0 radical (unpaired) electrons. The molecule has 0 aromatic carbocycles. The third-order valence-electron chi connectivity index (χ3n) is 3.15. The van der Waals surface area contributed by atoms with E-state index < -0.39 is 8.07 Å². The van der Waals surface area contributed by atoms with E-state index in [4.69, 9.17) is 0 Å². The van der Waals surface area contributed by atoms with Crippen LogP contribution in [0.3, 0.4) is 0 Å². The summed E-state index contributed by atoms with van der Waals surface area (Å²) in [4.78, 5) is 0. The lowest BCUT2D eigenvalue weighted by Gasteiger charge is -2.26. The summed E-state index contributed by atoms with van der Waals surface area (Å²) in [5.74, 6) is 0. The van der Waals surface area contributed by atoms with E-state index in [0.29, 0.717) is 0 Å². The second-order valence-electron chi connectivity index (χ2n) is 4.27. The first-order chi connectivity index (χ1) is 6.21. The standard InChI is InChI=1S/C12H16Si/c1-13(2,11-7-3-4-8-11)12-9-5-6-10-12/h3-7,9H,8,10H2,1-2H3. The van der Waals surface area contributed by atoms with Gasteiger partial charge in [-0.15, -0.1) is 0 Å². The maximum Gasteiger partial charge on any atom is 0.103 e. The largest absolute Gasteiger partial charge is 0.103 e. The number of rotatable bonds is 2. The summed E-state index contributed by atoms with van der Waals surface area (Å²) in [6.45, 7) is 4.93. The molecule has 68 valence electrons. The van der Waals surface area contributed by atoms with Gasteiger partial charge in [0, 0.05) is 0 Å². The van der Waals surface area contributed by atoms with Crippen molar-refractivity contribution in [2.75, 3.05) is 0 Å². The Kier molecular flexibility index (Phi) is 2.12. The maximum atomic E-state index is 2.46. The van der Waals surface area contributed by atoms with E-state index in [0.717, 1.165) is 0 Å². The van der Waals surface area contributed by atoms with Crippen LogP contribution in [0.25, 0.3) is 0 Å². The fraction of sp³-hybridized carbons (Fsp3) is 0.333. The molecule has 2 aliphatic carbocycles. The second-order valence-corrected chi connectivity index (χ2v) is 8.81. The molecule has 0 saturated heterocycles. The van der Waals surface area contributed by atoms with Crippen LogP contribution < -0.4 is 0 Å². The third-order valence-corrected chi connectivity index (χ3v) is 7.10. The number of allylic oxidation sites excluding steroid dienone is 8. The lowest BCUT2D eigenvalue weighted by atomic mass is 10.5. The van der Waals surface area contributed by atoms with Gasteiger partial charge in [0.05, 0.1) is 0 Å². The van der Waals surface area contributed by atoms with Crippen molar-refractivity contribution in [3.05, 3.63) is 46.8 Å². The highest BCUT2D eigenvalue weighted by molar-refractivity contribution is 6.90. The van der Waals surface area contributed by atoms with Gasteiger partial charge >= 0.3 is 0 Å². The molecule has 0 bridgehead atoms. The Morgan fingerprint density at radius 3 is 1.69 bits per heavy atom. The summed E-state index contributed by atoms with van der Waals surface area (Å²) >= 11 is 0. The van der Waals surface area contributed by atoms with E-state index >= 15 is 0 Å². The summed E-state index contributed by atoms with van der Waals surface area (Å²) < 4.78 is 0. The highest BCUT2D eigenvalue weighted by Crippen LogP contribution is 2.32. The van der Waals surface area contributed by atoms with Crippen molar-refractivity contribution in [3.63, 3.8) is 0 Å². The van der Waals surface area contributed by atoms with Crippen LogP contribution in [-0.2, 0) is 0 Å². The minimum Gasteiger partial charge on any atom is -0.0809 e. The Morgan fingerprint density at radius 1 is 0.923 bits per heavy atom. The minimum atomic E-state index is -1.24. The van der Waals surface area contributed by atoms with Gasteiger partial charge < -0.3 is 0 Å². The highest BCUT2D eigenvalue weighted by atomic mass is 28.3. The molecule has 0 aromatic rings. The predicted molar refractivity (Wildman–Crippen MR) is 61.2 cm³/mol. The summed E-state index contributed by atoms with van der Waals surface area (Å²) in [5.41, 5.74) is 0. The van der Waals surface area contributed by atoms with Gasteiger partial charge in [0.25, 0.3) is 0 Å². The first-order valence-electron chi connectivity index (χ1n) is 4.93. The molecule has 13 heavy (non-hydrogen) atoms. The molecule has 0 aromatic heterocycles. The van der Waals surface area contributed by atoms with Gasteiger partial charge in [0.15, 0.2) is 0 Å². The van der Waals surface area contributed by atoms with Gasteiger partial charge in [-0.3, -0.25) is 0 Å². The third kappa shape index (κ3) is 1.48. The smallest absolute Gasteiger partial charge is 0.0809 e. The van der Waals surface area contributed by atoms with Crippen LogP contribution in [0.4, 0.5) is 0 Å². The monoisotopic (exact) mass is 188 g/mol. The van der Waals surface area contributed by atoms with Crippen molar-refractivity contribution in [1.82, 2.24) is 0 Å². The summed E-state index contributed by atoms with van der Waals surface area (Å²) in [5, 5.41) is 3.37. The Morgan fingerprint density at radius 2 is 1.38 bits per heavy atom. The molecule has 0 unspecified atom stereocenters. The molecule has 0 heterocycles. The van der Waals surface area contributed by atoms with Crippen LogP contribution in [0.1, 0.15) is 12.8 Å². The van der Waals surface area contributed by atoms with E-state index in [1.807, 2.05) is 0 Å². The average Bonchev–Trinajstić information content (AvgIpc) is 2.78. The van der Waals surface area contributed by atoms with Crippen LogP contribution in [0.5, 0.6) is 0 Å². The van der Waals surface area contributed by atoms with Crippen molar-refractivity contribution >= 4 is 8.07 Å². The van der Waals surface area contributed by atoms with Gasteiger partial charge in [-0.1, -0.05) is 59.9 Å². The van der Waals surface area contributed by atoms with Crippen molar-refractivity contribution in [3.8, 4) is 0 Å². The number of hydrogen-bond acceptors (Lipinski definition) is 0. The van der Waals surface area contributed by atoms with Gasteiger partial charge in [0.1, 0.15) is 8.07 Å². The van der Waals surface area contributed by atoms with Crippen molar-refractivity contribution in [2.45, 2.75) is 25.9 Å². The summed E-state index contributed by atoms with van der Waals surface area (Å²) in [7, 11) is -1.24. The second kappa shape index (κ2) is 3.15. The lowest BCUT2D eigenvalue weighted by Crippen LogP contribution is -2.31. The van der Waals surface area contributed by atoms with Gasteiger partial charge in [0.2, 0.25) is 0 Å². The maximum absolute atomic E-state index is 2.46. The van der Waals surface area contributed by atoms with Crippen molar-refractivity contribution < 1.29 is 0 Å². The lowest BCUT2D eigenvalue weighted by molar-refractivity contribution is 1.30. The average molecular weight is 188 g/mol. The van der Waals surface area contributed by atoms with Crippen molar-refractivity contribution in [1.29, 1.82) is 0 Å². The molecular formula is C12H16Si. The first-order valence-corrected chi connectivity index (χ1v) is 7.93.